The lowest BCUT2D eigenvalue weighted by molar-refractivity contribution is 0.772. The predicted octanol–water partition coefficient (Wildman–Crippen LogP) is 1.06. The molecule has 0 aromatic carbocycles. The lowest BCUT2D eigenvalue weighted by Gasteiger charge is -1.95. The van der Waals surface area contributed by atoms with Crippen LogP contribution in [0.5, 0.6) is 0 Å². The molecule has 4 heteroatoms. The molecule has 0 saturated carbocycles. The first-order chi connectivity index (χ1) is 6.27. The summed E-state index contributed by atoms with van der Waals surface area (Å²) in [4.78, 5) is 4.02. The van der Waals surface area contributed by atoms with E-state index in [0.29, 0.717) is 5.82 Å². The second-order valence-electron chi connectivity index (χ2n) is 2.84. The van der Waals surface area contributed by atoms with E-state index in [-0.39, 0.29) is 0 Å². The molecule has 0 aliphatic heterocycles. The van der Waals surface area contributed by atoms with Gasteiger partial charge < -0.3 is 5.73 Å². The molecule has 0 unspecified atom stereocenters. The third-order valence-corrected chi connectivity index (χ3v) is 1.83. The van der Waals surface area contributed by atoms with E-state index in [1.165, 1.54) is 0 Å². The molecule has 2 N–H and O–H groups in total. The number of aromatic nitrogens is 3. The van der Waals surface area contributed by atoms with Crippen LogP contribution in [-0.2, 0) is 7.05 Å². The monoisotopic (exact) mass is 174 g/mol. The van der Waals surface area contributed by atoms with Gasteiger partial charge in [0.2, 0.25) is 0 Å². The van der Waals surface area contributed by atoms with Crippen molar-refractivity contribution in [2.24, 2.45) is 7.05 Å². The summed E-state index contributed by atoms with van der Waals surface area (Å²) in [5, 5.41) is 4.05. The number of rotatable bonds is 1. The maximum atomic E-state index is 5.71. The molecule has 66 valence electrons. The quantitative estimate of drug-likeness (QED) is 0.703. The van der Waals surface area contributed by atoms with E-state index in [1.54, 1.807) is 17.1 Å². The van der Waals surface area contributed by atoms with Crippen LogP contribution < -0.4 is 5.73 Å². The van der Waals surface area contributed by atoms with Crippen LogP contribution in [0.2, 0.25) is 0 Å². The van der Waals surface area contributed by atoms with E-state index in [4.69, 9.17) is 5.73 Å². The van der Waals surface area contributed by atoms with Crippen molar-refractivity contribution in [3.05, 3.63) is 30.7 Å². The average molecular weight is 174 g/mol. The Morgan fingerprint density at radius 3 is 2.85 bits per heavy atom. The highest BCUT2D eigenvalue weighted by Gasteiger charge is 2.05. The average Bonchev–Trinajstić information content (AvgIpc) is 2.47. The van der Waals surface area contributed by atoms with Crippen LogP contribution in [0.1, 0.15) is 0 Å². The number of pyridine rings is 1. The van der Waals surface area contributed by atoms with Crippen LogP contribution in [0, 0.1) is 0 Å². The van der Waals surface area contributed by atoms with Crippen LogP contribution in [0.3, 0.4) is 0 Å². The summed E-state index contributed by atoms with van der Waals surface area (Å²) in [5.74, 6) is 0.538. The number of anilines is 1. The fourth-order valence-electron chi connectivity index (χ4n) is 1.25. The van der Waals surface area contributed by atoms with Gasteiger partial charge in [-0.1, -0.05) is 6.07 Å². The lowest BCUT2D eigenvalue weighted by Crippen LogP contribution is -1.90. The zero-order valence-electron chi connectivity index (χ0n) is 7.31. The molecule has 0 radical (unpaired) electrons. The SMILES string of the molecule is Cn1cc(-c2cccnc2)c(N)n1. The minimum atomic E-state index is 0.538. The maximum Gasteiger partial charge on any atom is 0.153 e. The zero-order valence-corrected chi connectivity index (χ0v) is 7.31. The molecule has 13 heavy (non-hydrogen) atoms. The molecule has 0 saturated heterocycles. The summed E-state index contributed by atoms with van der Waals surface area (Å²) >= 11 is 0. The Balaban J connectivity index is 2.53. The van der Waals surface area contributed by atoms with Gasteiger partial charge in [-0.25, -0.2) is 0 Å². The molecule has 2 heterocycles. The number of nitrogens with two attached hydrogens (primary N) is 1. The van der Waals surface area contributed by atoms with Crippen molar-refractivity contribution >= 4 is 5.82 Å². The van der Waals surface area contributed by atoms with Gasteiger partial charge in [0.1, 0.15) is 0 Å². The Kier molecular flexibility index (Phi) is 1.73. The summed E-state index contributed by atoms with van der Waals surface area (Å²) in [7, 11) is 1.84. The first-order valence-corrected chi connectivity index (χ1v) is 3.97. The molecule has 2 aromatic rings. The van der Waals surface area contributed by atoms with Crippen LogP contribution in [-0.4, -0.2) is 14.8 Å². The Morgan fingerprint density at radius 1 is 1.46 bits per heavy atom. The molecular formula is C9H10N4. The molecule has 2 rings (SSSR count). The first-order valence-electron chi connectivity index (χ1n) is 3.97. The number of hydrogen-bond acceptors (Lipinski definition) is 3. The van der Waals surface area contributed by atoms with Gasteiger partial charge in [0.15, 0.2) is 5.82 Å². The zero-order chi connectivity index (χ0) is 9.26. The summed E-state index contributed by atoms with van der Waals surface area (Å²) in [5.41, 5.74) is 7.63. The predicted molar refractivity (Wildman–Crippen MR) is 50.9 cm³/mol. The van der Waals surface area contributed by atoms with E-state index in [9.17, 15) is 0 Å². The number of aryl methyl sites for hydroxylation is 1. The second-order valence-corrected chi connectivity index (χ2v) is 2.84. The van der Waals surface area contributed by atoms with Crippen molar-refractivity contribution in [1.29, 1.82) is 0 Å². The molecule has 0 amide bonds. The Labute approximate surface area is 76.0 Å². The van der Waals surface area contributed by atoms with Crippen LogP contribution in [0.15, 0.2) is 30.7 Å². The number of nitrogen functional groups attached to an aromatic ring is 1. The van der Waals surface area contributed by atoms with Crippen molar-refractivity contribution in [3.63, 3.8) is 0 Å². The Hall–Kier alpha value is -1.84. The molecule has 0 aliphatic rings. The third kappa shape index (κ3) is 1.38. The van der Waals surface area contributed by atoms with Gasteiger partial charge in [0, 0.05) is 36.8 Å². The summed E-state index contributed by atoms with van der Waals surface area (Å²) in [6.45, 7) is 0. The van der Waals surface area contributed by atoms with Crippen LogP contribution in [0.25, 0.3) is 11.1 Å². The first kappa shape index (κ1) is 7.79. The van der Waals surface area contributed by atoms with Gasteiger partial charge >= 0.3 is 0 Å². The summed E-state index contributed by atoms with van der Waals surface area (Å²) in [6, 6.07) is 3.84. The van der Waals surface area contributed by atoms with Gasteiger partial charge in [-0.15, -0.1) is 0 Å². The van der Waals surface area contributed by atoms with Crippen molar-refractivity contribution in [2.45, 2.75) is 0 Å². The highest BCUT2D eigenvalue weighted by Crippen LogP contribution is 2.22. The number of hydrogen-bond donors (Lipinski definition) is 1. The fourth-order valence-corrected chi connectivity index (χ4v) is 1.25. The highest BCUT2D eigenvalue weighted by molar-refractivity contribution is 5.72. The largest absolute Gasteiger partial charge is 0.382 e. The lowest BCUT2D eigenvalue weighted by atomic mass is 10.1. The van der Waals surface area contributed by atoms with Gasteiger partial charge in [0.05, 0.1) is 0 Å². The summed E-state index contributed by atoms with van der Waals surface area (Å²) in [6.07, 6.45) is 5.38. The van der Waals surface area contributed by atoms with Gasteiger partial charge in [-0.3, -0.25) is 9.67 Å². The smallest absolute Gasteiger partial charge is 0.153 e. The molecule has 0 bridgehead atoms. The third-order valence-electron chi connectivity index (χ3n) is 1.83. The van der Waals surface area contributed by atoms with Crippen molar-refractivity contribution < 1.29 is 0 Å². The Bertz CT molecular complexity index is 405. The standard InChI is InChI=1S/C9H10N4/c1-13-6-8(9(10)12-13)7-3-2-4-11-5-7/h2-6H,1H3,(H2,10,12). The molecule has 0 spiro atoms. The molecule has 2 aromatic heterocycles. The summed E-state index contributed by atoms with van der Waals surface area (Å²) < 4.78 is 1.69. The van der Waals surface area contributed by atoms with E-state index in [0.717, 1.165) is 11.1 Å². The van der Waals surface area contributed by atoms with E-state index >= 15 is 0 Å². The molecule has 0 aliphatic carbocycles. The topological polar surface area (TPSA) is 56.7 Å². The second kappa shape index (κ2) is 2.90. The van der Waals surface area contributed by atoms with Gasteiger partial charge in [-0.05, 0) is 6.07 Å². The number of nitrogens with zero attached hydrogens (tertiary/aromatic N) is 3. The highest BCUT2D eigenvalue weighted by atomic mass is 15.3. The van der Waals surface area contributed by atoms with E-state index < -0.39 is 0 Å². The van der Waals surface area contributed by atoms with E-state index in [1.807, 2.05) is 25.4 Å². The maximum absolute atomic E-state index is 5.71. The Morgan fingerprint density at radius 2 is 2.31 bits per heavy atom. The van der Waals surface area contributed by atoms with Gasteiger partial charge in [-0.2, -0.15) is 5.10 Å². The minimum absolute atomic E-state index is 0.538. The molecule has 0 fully saturated rings. The molecule has 0 atom stereocenters. The normalized spacial score (nSPS) is 10.2. The molecule has 4 nitrogen and oxygen atoms in total. The molecular weight excluding hydrogens is 164 g/mol. The van der Waals surface area contributed by atoms with Crippen LogP contribution in [0.4, 0.5) is 5.82 Å². The minimum Gasteiger partial charge on any atom is -0.382 e. The van der Waals surface area contributed by atoms with Crippen molar-refractivity contribution in [3.8, 4) is 11.1 Å². The van der Waals surface area contributed by atoms with E-state index in [2.05, 4.69) is 10.1 Å². The van der Waals surface area contributed by atoms with Crippen molar-refractivity contribution in [2.75, 3.05) is 5.73 Å². The van der Waals surface area contributed by atoms with Crippen LogP contribution >= 0.6 is 0 Å². The van der Waals surface area contributed by atoms with Crippen molar-refractivity contribution in [1.82, 2.24) is 14.8 Å². The fraction of sp³-hybridized carbons (Fsp3) is 0.111. The van der Waals surface area contributed by atoms with Gasteiger partial charge in [0.25, 0.3) is 0 Å².